The molecule has 2 aliphatic heterocycles. The third-order valence-corrected chi connectivity index (χ3v) is 4.85. The Morgan fingerprint density at radius 1 is 1.26 bits per heavy atom. The average molecular weight is 268 g/mol. The van der Waals surface area contributed by atoms with Crippen molar-refractivity contribution >= 4 is 6.09 Å². The van der Waals surface area contributed by atoms with Gasteiger partial charge in [-0.1, -0.05) is 13.8 Å². The van der Waals surface area contributed by atoms with Gasteiger partial charge in [0.25, 0.3) is 0 Å². The molecule has 0 saturated carbocycles. The second kappa shape index (κ2) is 4.97. The van der Waals surface area contributed by atoms with E-state index in [9.17, 15) is 4.79 Å². The summed E-state index contributed by atoms with van der Waals surface area (Å²) in [5, 5.41) is 3.48. The summed E-state index contributed by atoms with van der Waals surface area (Å²) in [6.07, 6.45) is 0.957. The van der Waals surface area contributed by atoms with Crippen LogP contribution < -0.4 is 5.32 Å². The van der Waals surface area contributed by atoms with Crippen LogP contribution in [0.5, 0.6) is 0 Å². The number of nitrogens with one attached hydrogen (secondary N) is 1. The number of rotatable bonds is 0. The summed E-state index contributed by atoms with van der Waals surface area (Å²) < 4.78 is 5.50. The summed E-state index contributed by atoms with van der Waals surface area (Å²) in [7, 11) is 0. The van der Waals surface area contributed by atoms with Crippen molar-refractivity contribution in [2.75, 3.05) is 26.2 Å². The van der Waals surface area contributed by atoms with Crippen molar-refractivity contribution in [3.63, 3.8) is 0 Å². The number of hydrogen-bond donors (Lipinski definition) is 1. The Morgan fingerprint density at radius 2 is 1.84 bits per heavy atom. The summed E-state index contributed by atoms with van der Waals surface area (Å²) >= 11 is 0. The Labute approximate surface area is 116 Å². The van der Waals surface area contributed by atoms with Crippen molar-refractivity contribution in [1.82, 2.24) is 10.2 Å². The second-order valence-electron chi connectivity index (χ2n) is 7.35. The number of amides is 1. The van der Waals surface area contributed by atoms with Gasteiger partial charge in [-0.3, -0.25) is 0 Å². The predicted octanol–water partition coefficient (Wildman–Crippen LogP) is 2.49. The van der Waals surface area contributed by atoms with Crippen LogP contribution in [0.15, 0.2) is 0 Å². The molecule has 0 aromatic rings. The fourth-order valence-corrected chi connectivity index (χ4v) is 3.55. The first kappa shape index (κ1) is 14.6. The van der Waals surface area contributed by atoms with Gasteiger partial charge in [0, 0.05) is 13.1 Å². The summed E-state index contributed by atoms with van der Waals surface area (Å²) in [4.78, 5) is 14.1. The molecule has 0 aliphatic carbocycles. The molecular formula is C15H28N2O2. The fraction of sp³-hybridized carbons (Fsp3) is 0.933. The van der Waals surface area contributed by atoms with Gasteiger partial charge in [-0.15, -0.1) is 0 Å². The van der Waals surface area contributed by atoms with Gasteiger partial charge in [-0.25, -0.2) is 4.79 Å². The van der Waals surface area contributed by atoms with E-state index in [0.29, 0.717) is 11.8 Å². The van der Waals surface area contributed by atoms with E-state index >= 15 is 0 Å². The molecule has 0 radical (unpaired) electrons. The predicted molar refractivity (Wildman–Crippen MR) is 76.1 cm³/mol. The third kappa shape index (κ3) is 2.88. The second-order valence-corrected chi connectivity index (χ2v) is 7.35. The first-order valence-corrected chi connectivity index (χ1v) is 7.43. The van der Waals surface area contributed by atoms with Gasteiger partial charge in [-0.05, 0) is 57.5 Å². The van der Waals surface area contributed by atoms with Crippen molar-refractivity contribution in [1.29, 1.82) is 0 Å². The smallest absolute Gasteiger partial charge is 0.410 e. The van der Waals surface area contributed by atoms with E-state index in [4.69, 9.17) is 4.74 Å². The molecule has 2 unspecified atom stereocenters. The van der Waals surface area contributed by atoms with Crippen LogP contribution in [0.4, 0.5) is 4.79 Å². The molecule has 2 heterocycles. The highest BCUT2D eigenvalue weighted by Crippen LogP contribution is 2.46. The Morgan fingerprint density at radius 3 is 2.37 bits per heavy atom. The number of nitrogens with zero attached hydrogens (tertiary/aromatic N) is 1. The van der Waals surface area contributed by atoms with Gasteiger partial charge in [0.2, 0.25) is 0 Å². The monoisotopic (exact) mass is 268 g/mol. The molecule has 2 fully saturated rings. The van der Waals surface area contributed by atoms with Crippen LogP contribution in [0, 0.1) is 17.3 Å². The number of carbonyl (C=O) groups is 1. The SMILES string of the molecule is CC1CNCC(C)C12CCN(C(=O)OC(C)(C)C)C2. The minimum Gasteiger partial charge on any atom is -0.444 e. The lowest BCUT2D eigenvalue weighted by atomic mass is 9.65. The zero-order chi connectivity index (χ0) is 14.3. The lowest BCUT2D eigenvalue weighted by molar-refractivity contribution is 0.0186. The third-order valence-electron chi connectivity index (χ3n) is 4.85. The molecule has 2 rings (SSSR count). The molecule has 0 aromatic carbocycles. The first-order valence-electron chi connectivity index (χ1n) is 7.43. The fourth-order valence-electron chi connectivity index (χ4n) is 3.55. The van der Waals surface area contributed by atoms with Gasteiger partial charge >= 0.3 is 6.09 Å². The Bertz CT molecular complexity index is 339. The van der Waals surface area contributed by atoms with Crippen molar-refractivity contribution in [2.45, 2.75) is 46.6 Å². The highest BCUT2D eigenvalue weighted by atomic mass is 16.6. The van der Waals surface area contributed by atoms with E-state index < -0.39 is 5.60 Å². The van der Waals surface area contributed by atoms with E-state index in [1.165, 1.54) is 0 Å². The topological polar surface area (TPSA) is 41.6 Å². The van der Waals surface area contributed by atoms with Crippen molar-refractivity contribution < 1.29 is 9.53 Å². The zero-order valence-corrected chi connectivity index (χ0v) is 13.0. The molecule has 0 aromatic heterocycles. The number of likely N-dealkylation sites (tertiary alicyclic amines) is 1. The highest BCUT2D eigenvalue weighted by molar-refractivity contribution is 5.68. The quantitative estimate of drug-likeness (QED) is 0.734. The molecule has 2 saturated heterocycles. The largest absolute Gasteiger partial charge is 0.444 e. The van der Waals surface area contributed by atoms with Gasteiger partial charge in [0.15, 0.2) is 0 Å². The van der Waals surface area contributed by atoms with Crippen molar-refractivity contribution in [2.24, 2.45) is 17.3 Å². The Balaban J connectivity index is 2.04. The normalized spacial score (nSPS) is 35.7. The minimum absolute atomic E-state index is 0.151. The molecule has 1 amide bonds. The number of piperidine rings is 1. The summed E-state index contributed by atoms with van der Waals surface area (Å²) in [6, 6.07) is 0. The lowest BCUT2D eigenvalue weighted by Crippen LogP contribution is -2.51. The van der Waals surface area contributed by atoms with Gasteiger partial charge in [-0.2, -0.15) is 0 Å². The van der Waals surface area contributed by atoms with Crippen molar-refractivity contribution in [3.05, 3.63) is 0 Å². The van der Waals surface area contributed by atoms with E-state index in [1.807, 2.05) is 25.7 Å². The van der Waals surface area contributed by atoms with Crippen LogP contribution in [0.3, 0.4) is 0 Å². The first-order chi connectivity index (χ1) is 8.74. The summed E-state index contributed by atoms with van der Waals surface area (Å²) in [5.74, 6) is 1.23. The minimum atomic E-state index is -0.405. The van der Waals surface area contributed by atoms with E-state index in [-0.39, 0.29) is 11.5 Å². The molecule has 1 spiro atoms. The Hall–Kier alpha value is -0.770. The van der Waals surface area contributed by atoms with Gasteiger partial charge in [0.05, 0.1) is 0 Å². The molecule has 0 bridgehead atoms. The van der Waals surface area contributed by atoms with E-state index in [1.54, 1.807) is 0 Å². The van der Waals surface area contributed by atoms with E-state index in [0.717, 1.165) is 32.6 Å². The number of hydrogen-bond acceptors (Lipinski definition) is 3. The molecule has 110 valence electrons. The van der Waals surface area contributed by atoms with Gasteiger partial charge < -0.3 is 15.0 Å². The molecule has 2 aliphatic rings. The number of ether oxygens (including phenoxy) is 1. The van der Waals surface area contributed by atoms with Crippen LogP contribution in [0.2, 0.25) is 0 Å². The maximum atomic E-state index is 12.2. The van der Waals surface area contributed by atoms with Crippen molar-refractivity contribution in [3.8, 4) is 0 Å². The molecule has 4 heteroatoms. The standard InChI is InChI=1S/C15H28N2O2/c1-11-8-16-9-12(2)15(11)6-7-17(10-15)13(18)19-14(3,4)5/h11-12,16H,6-10H2,1-5H3. The van der Waals surface area contributed by atoms with Crippen LogP contribution >= 0.6 is 0 Å². The van der Waals surface area contributed by atoms with Crippen LogP contribution in [-0.2, 0) is 4.74 Å². The van der Waals surface area contributed by atoms with Gasteiger partial charge in [0.1, 0.15) is 5.60 Å². The summed E-state index contributed by atoms with van der Waals surface area (Å²) in [5.41, 5.74) is -0.125. The lowest BCUT2D eigenvalue weighted by Gasteiger charge is -2.45. The number of carbonyl (C=O) groups excluding carboxylic acids is 1. The Kier molecular flexibility index (Phi) is 3.83. The highest BCUT2D eigenvalue weighted by Gasteiger charge is 2.49. The van der Waals surface area contributed by atoms with E-state index in [2.05, 4.69) is 19.2 Å². The summed E-state index contributed by atoms with van der Waals surface area (Å²) in [6.45, 7) is 14.2. The molecular weight excluding hydrogens is 240 g/mol. The maximum absolute atomic E-state index is 12.2. The molecule has 19 heavy (non-hydrogen) atoms. The molecule has 2 atom stereocenters. The van der Waals surface area contributed by atoms with Crippen LogP contribution in [0.25, 0.3) is 0 Å². The zero-order valence-electron chi connectivity index (χ0n) is 13.0. The van der Waals surface area contributed by atoms with Crippen LogP contribution in [0.1, 0.15) is 41.0 Å². The molecule has 4 nitrogen and oxygen atoms in total. The van der Waals surface area contributed by atoms with Crippen LogP contribution in [-0.4, -0.2) is 42.8 Å². The molecule has 1 N–H and O–H groups in total. The maximum Gasteiger partial charge on any atom is 0.410 e. The average Bonchev–Trinajstić information content (AvgIpc) is 2.70.